The molecule has 0 amide bonds. The summed E-state index contributed by atoms with van der Waals surface area (Å²) in [6, 6.07) is 5.43. The molecule has 3 rings (SSSR count). The van der Waals surface area contributed by atoms with E-state index in [-0.39, 0.29) is 17.1 Å². The van der Waals surface area contributed by atoms with Crippen molar-refractivity contribution in [2.24, 2.45) is 0 Å². The van der Waals surface area contributed by atoms with E-state index in [9.17, 15) is 4.79 Å². The number of nitrogens with zero attached hydrogens (tertiary/aromatic N) is 3. The Labute approximate surface area is 161 Å². The van der Waals surface area contributed by atoms with Gasteiger partial charge in [0.2, 0.25) is 5.95 Å². The van der Waals surface area contributed by atoms with Gasteiger partial charge in [0.1, 0.15) is 5.39 Å². The fourth-order valence-electron chi connectivity index (χ4n) is 2.78. The molecule has 0 spiro atoms. The van der Waals surface area contributed by atoms with Crippen LogP contribution in [0.1, 0.15) is 33.3 Å². The zero-order chi connectivity index (χ0) is 19.1. The number of anilines is 1. The summed E-state index contributed by atoms with van der Waals surface area (Å²) < 4.78 is 1.75. The van der Waals surface area contributed by atoms with Crippen molar-refractivity contribution in [3.63, 3.8) is 0 Å². The summed E-state index contributed by atoms with van der Waals surface area (Å²) in [6.07, 6.45) is 2.21. The average Bonchev–Trinajstić information content (AvgIpc) is 2.94. The van der Waals surface area contributed by atoms with Crippen molar-refractivity contribution >= 4 is 40.2 Å². The number of aromatic nitrogens is 4. The molecule has 6 nitrogen and oxygen atoms in total. The number of fused-ring (bicyclic) bond motifs is 1. The van der Waals surface area contributed by atoms with Crippen LogP contribution in [0.5, 0.6) is 0 Å². The van der Waals surface area contributed by atoms with Crippen LogP contribution >= 0.6 is 23.2 Å². The first-order valence-corrected chi connectivity index (χ1v) is 9.10. The molecule has 0 aliphatic heterocycles. The van der Waals surface area contributed by atoms with Gasteiger partial charge in [0.05, 0.1) is 11.7 Å². The summed E-state index contributed by atoms with van der Waals surface area (Å²) in [5, 5.41) is 9.24. The Morgan fingerprint density at radius 1 is 1.31 bits per heavy atom. The second kappa shape index (κ2) is 6.93. The summed E-state index contributed by atoms with van der Waals surface area (Å²) in [6.45, 7) is 8.04. The van der Waals surface area contributed by atoms with Crippen molar-refractivity contribution in [3.05, 3.63) is 50.4 Å². The predicted octanol–water partition coefficient (Wildman–Crippen LogP) is 4.22. The second-order valence-electron chi connectivity index (χ2n) is 7.36. The van der Waals surface area contributed by atoms with Crippen molar-refractivity contribution in [2.75, 3.05) is 5.32 Å². The van der Waals surface area contributed by atoms with Crippen LogP contribution < -0.4 is 10.9 Å². The van der Waals surface area contributed by atoms with E-state index in [0.29, 0.717) is 33.4 Å². The van der Waals surface area contributed by atoms with Gasteiger partial charge in [-0.1, -0.05) is 29.3 Å². The van der Waals surface area contributed by atoms with Crippen LogP contribution in [0.3, 0.4) is 0 Å². The Balaban J connectivity index is 1.87. The summed E-state index contributed by atoms with van der Waals surface area (Å²) in [7, 11) is 0. The normalized spacial score (nSPS) is 13.2. The van der Waals surface area contributed by atoms with Gasteiger partial charge < -0.3 is 5.32 Å². The van der Waals surface area contributed by atoms with E-state index in [1.54, 1.807) is 16.9 Å². The van der Waals surface area contributed by atoms with Gasteiger partial charge in [-0.25, -0.2) is 4.68 Å². The van der Waals surface area contributed by atoms with Crippen LogP contribution in [0.25, 0.3) is 11.0 Å². The van der Waals surface area contributed by atoms with Gasteiger partial charge in [0, 0.05) is 16.1 Å². The molecule has 3 aromatic rings. The quantitative estimate of drug-likeness (QED) is 0.695. The van der Waals surface area contributed by atoms with Crippen molar-refractivity contribution in [1.82, 2.24) is 19.7 Å². The number of nitrogens with one attached hydrogen (secondary N) is 2. The van der Waals surface area contributed by atoms with Crippen LogP contribution in [0.4, 0.5) is 5.95 Å². The topological polar surface area (TPSA) is 75.6 Å². The summed E-state index contributed by atoms with van der Waals surface area (Å²) in [5.41, 5.74) is 1.03. The van der Waals surface area contributed by atoms with E-state index >= 15 is 0 Å². The zero-order valence-corrected chi connectivity index (χ0v) is 16.6. The Morgan fingerprint density at radius 3 is 2.69 bits per heavy atom. The first kappa shape index (κ1) is 18.7. The third-order valence-electron chi connectivity index (χ3n) is 4.00. The highest BCUT2D eigenvalue weighted by atomic mass is 35.5. The minimum atomic E-state index is -0.276. The van der Waals surface area contributed by atoms with Crippen molar-refractivity contribution in [1.29, 1.82) is 0 Å². The molecule has 8 heteroatoms. The molecule has 1 aromatic carbocycles. The highest BCUT2D eigenvalue weighted by Gasteiger charge is 2.20. The van der Waals surface area contributed by atoms with Crippen LogP contribution in [0.15, 0.2) is 29.2 Å². The Hall–Kier alpha value is -2.05. The highest BCUT2D eigenvalue weighted by Crippen LogP contribution is 2.23. The lowest BCUT2D eigenvalue weighted by molar-refractivity contribution is 0.366. The molecule has 0 saturated heterocycles. The van der Waals surface area contributed by atoms with Crippen LogP contribution in [-0.4, -0.2) is 25.8 Å². The largest absolute Gasteiger partial charge is 0.353 e. The van der Waals surface area contributed by atoms with E-state index in [2.05, 4.69) is 20.4 Å². The fraction of sp³-hybridized carbons (Fsp3) is 0.389. The Bertz CT molecular complexity index is 1000. The van der Waals surface area contributed by atoms with E-state index in [1.807, 2.05) is 39.8 Å². The van der Waals surface area contributed by atoms with Gasteiger partial charge in [-0.15, -0.1) is 0 Å². The molecule has 0 aliphatic carbocycles. The molecule has 0 radical (unpaired) electrons. The molecule has 26 heavy (non-hydrogen) atoms. The lowest BCUT2D eigenvalue weighted by atomic mass is 10.1. The van der Waals surface area contributed by atoms with Crippen LogP contribution in [0, 0.1) is 0 Å². The van der Waals surface area contributed by atoms with E-state index < -0.39 is 0 Å². The minimum absolute atomic E-state index is 0.000263. The van der Waals surface area contributed by atoms with E-state index in [0.717, 1.165) is 5.56 Å². The Morgan fingerprint density at radius 2 is 2.04 bits per heavy atom. The van der Waals surface area contributed by atoms with Crippen molar-refractivity contribution in [3.8, 4) is 0 Å². The van der Waals surface area contributed by atoms with Gasteiger partial charge in [-0.3, -0.25) is 9.78 Å². The van der Waals surface area contributed by atoms with Crippen molar-refractivity contribution < 1.29 is 0 Å². The zero-order valence-electron chi connectivity index (χ0n) is 15.1. The minimum Gasteiger partial charge on any atom is -0.353 e. The number of H-pyrrole nitrogens is 1. The number of hydrogen-bond acceptors (Lipinski definition) is 4. The molecular weight excluding hydrogens is 373 g/mol. The molecule has 2 heterocycles. The van der Waals surface area contributed by atoms with E-state index in [1.165, 1.54) is 0 Å². The molecule has 2 aromatic heterocycles. The molecule has 0 bridgehead atoms. The second-order valence-corrected chi connectivity index (χ2v) is 8.21. The van der Waals surface area contributed by atoms with Gasteiger partial charge in [-0.2, -0.15) is 10.1 Å². The first-order valence-electron chi connectivity index (χ1n) is 8.34. The van der Waals surface area contributed by atoms with Gasteiger partial charge in [-0.05, 0) is 51.8 Å². The third-order valence-corrected chi connectivity index (χ3v) is 4.58. The van der Waals surface area contributed by atoms with E-state index in [4.69, 9.17) is 23.2 Å². The lowest BCUT2D eigenvalue weighted by Gasteiger charge is -2.20. The number of halogens is 2. The highest BCUT2D eigenvalue weighted by molar-refractivity contribution is 6.35. The van der Waals surface area contributed by atoms with Gasteiger partial charge in [0.25, 0.3) is 5.56 Å². The molecular formula is C18H21Cl2N5O. The molecule has 1 unspecified atom stereocenters. The lowest BCUT2D eigenvalue weighted by Crippen LogP contribution is -2.25. The summed E-state index contributed by atoms with van der Waals surface area (Å²) in [5.74, 6) is 0.408. The molecule has 0 aliphatic rings. The number of hydrogen-bond donors (Lipinski definition) is 2. The first-order chi connectivity index (χ1) is 12.1. The molecule has 1 atom stereocenters. The number of rotatable bonds is 4. The summed E-state index contributed by atoms with van der Waals surface area (Å²) in [4.78, 5) is 19.7. The maximum Gasteiger partial charge on any atom is 0.263 e. The number of benzene rings is 1. The number of aromatic amines is 1. The van der Waals surface area contributed by atoms with Gasteiger partial charge >= 0.3 is 0 Å². The SMILES string of the molecule is CC(Cc1ccc(Cl)cc1Cl)Nc1nc2c(cnn2C(C)(C)C)c(=O)[nH]1. The monoisotopic (exact) mass is 393 g/mol. The van der Waals surface area contributed by atoms with Crippen LogP contribution in [0.2, 0.25) is 10.0 Å². The average molecular weight is 394 g/mol. The molecule has 138 valence electrons. The smallest absolute Gasteiger partial charge is 0.263 e. The fourth-order valence-corrected chi connectivity index (χ4v) is 3.26. The van der Waals surface area contributed by atoms with Crippen molar-refractivity contribution in [2.45, 2.75) is 45.7 Å². The summed E-state index contributed by atoms with van der Waals surface area (Å²) >= 11 is 12.2. The Kier molecular flexibility index (Phi) is 4.99. The van der Waals surface area contributed by atoms with Gasteiger partial charge in [0.15, 0.2) is 5.65 Å². The maximum atomic E-state index is 12.3. The maximum absolute atomic E-state index is 12.3. The molecule has 0 saturated carbocycles. The molecule has 2 N–H and O–H groups in total. The van der Waals surface area contributed by atoms with Crippen LogP contribution in [-0.2, 0) is 12.0 Å². The standard InChI is InChI=1S/C18H21Cl2N5O/c1-10(7-11-5-6-12(19)8-14(11)20)22-17-23-15-13(16(26)24-17)9-21-25(15)18(2,3)4/h5-6,8-10H,7H2,1-4H3,(H2,22,23,24,26). The third kappa shape index (κ3) is 3.86. The molecule has 0 fully saturated rings. The predicted molar refractivity (Wildman–Crippen MR) is 106 cm³/mol.